The Morgan fingerprint density at radius 3 is 2.30 bits per heavy atom. The first-order chi connectivity index (χ1) is 9.45. The lowest BCUT2D eigenvalue weighted by Crippen LogP contribution is -2.31. The minimum atomic E-state index is -4.49. The zero-order chi connectivity index (χ0) is 14.3. The quantitative estimate of drug-likeness (QED) is 0.771. The minimum Gasteiger partial charge on any atom is -0.375 e. The molecule has 2 aliphatic heterocycles. The molecule has 2 heterocycles. The van der Waals surface area contributed by atoms with E-state index in [0.717, 1.165) is 18.9 Å². The second kappa shape index (κ2) is 4.88. The number of Topliss-reactive ketones (excluding diaryl/α,β-unsaturated/α-hetero) is 1. The van der Waals surface area contributed by atoms with Crippen LogP contribution in [0.2, 0.25) is 0 Å². The number of hydrogen-bond acceptors (Lipinski definition) is 2. The highest BCUT2D eigenvalue weighted by atomic mass is 19.4. The van der Waals surface area contributed by atoms with Crippen molar-refractivity contribution >= 4 is 5.78 Å². The summed E-state index contributed by atoms with van der Waals surface area (Å²) in [4.78, 5) is 12.4. The minimum absolute atomic E-state index is 0.0424. The van der Waals surface area contributed by atoms with Crippen LogP contribution in [0.25, 0.3) is 0 Å². The second-order valence-electron chi connectivity index (χ2n) is 5.53. The number of halogens is 3. The third-order valence-electron chi connectivity index (χ3n) is 4.16. The zero-order valence-corrected chi connectivity index (χ0v) is 10.8. The predicted octanol–water partition coefficient (Wildman–Crippen LogP) is 3.85. The molecular formula is C15H15F3O2. The number of ether oxygens (including phenoxy) is 1. The molecule has 2 unspecified atom stereocenters. The third-order valence-corrected chi connectivity index (χ3v) is 4.16. The number of carbonyl (C=O) groups excluding carboxylic acids is 1. The van der Waals surface area contributed by atoms with E-state index >= 15 is 0 Å². The van der Waals surface area contributed by atoms with E-state index < -0.39 is 17.5 Å². The fourth-order valence-electron chi connectivity index (χ4n) is 3.24. The van der Waals surface area contributed by atoms with E-state index in [1.807, 2.05) is 0 Å². The first-order valence-electron chi connectivity index (χ1n) is 6.81. The lowest BCUT2D eigenvalue weighted by atomic mass is 9.86. The molecule has 2 aliphatic rings. The van der Waals surface area contributed by atoms with E-state index in [0.29, 0.717) is 12.8 Å². The summed E-state index contributed by atoms with van der Waals surface area (Å²) in [5.74, 6) is -0.733. The molecule has 5 heteroatoms. The van der Waals surface area contributed by atoms with Crippen LogP contribution in [0.5, 0.6) is 0 Å². The molecule has 0 saturated carbocycles. The average molecular weight is 284 g/mol. The standard InChI is InChI=1S/C15H15F3O2/c16-15(17,18)13-4-2-1-3-12(13)14(19)9-7-10-5-6-11(8-9)20-10/h1-4,9-11H,5-8H2. The Morgan fingerprint density at radius 2 is 1.70 bits per heavy atom. The van der Waals surface area contributed by atoms with Crippen LogP contribution in [0.15, 0.2) is 24.3 Å². The molecule has 20 heavy (non-hydrogen) atoms. The summed E-state index contributed by atoms with van der Waals surface area (Å²) >= 11 is 0. The Labute approximate surface area is 114 Å². The summed E-state index contributed by atoms with van der Waals surface area (Å²) in [6.07, 6.45) is -1.49. The van der Waals surface area contributed by atoms with Gasteiger partial charge in [-0.1, -0.05) is 18.2 Å². The Morgan fingerprint density at radius 1 is 1.10 bits per heavy atom. The van der Waals surface area contributed by atoms with Crippen molar-refractivity contribution in [3.05, 3.63) is 35.4 Å². The summed E-state index contributed by atoms with van der Waals surface area (Å²) in [5.41, 5.74) is -1.03. The molecule has 108 valence electrons. The van der Waals surface area contributed by atoms with Crippen molar-refractivity contribution in [2.45, 2.75) is 44.1 Å². The topological polar surface area (TPSA) is 26.3 Å². The van der Waals surface area contributed by atoms with Crippen molar-refractivity contribution in [2.75, 3.05) is 0 Å². The number of fused-ring (bicyclic) bond motifs is 2. The van der Waals surface area contributed by atoms with Gasteiger partial charge in [-0.3, -0.25) is 4.79 Å². The fourth-order valence-corrected chi connectivity index (χ4v) is 3.24. The largest absolute Gasteiger partial charge is 0.417 e. The van der Waals surface area contributed by atoms with E-state index in [2.05, 4.69) is 0 Å². The molecule has 0 aromatic heterocycles. The van der Waals surface area contributed by atoms with Gasteiger partial charge in [0.05, 0.1) is 17.8 Å². The van der Waals surface area contributed by atoms with Crippen molar-refractivity contribution in [1.82, 2.24) is 0 Å². The normalized spacial score (nSPS) is 29.4. The third kappa shape index (κ3) is 2.46. The van der Waals surface area contributed by atoms with Gasteiger partial charge in [-0.2, -0.15) is 13.2 Å². The Bertz CT molecular complexity index is 512. The SMILES string of the molecule is O=C(c1ccccc1C(F)(F)F)C1CC2CCC(C1)O2. The molecule has 1 aromatic carbocycles. The van der Waals surface area contributed by atoms with E-state index in [4.69, 9.17) is 4.74 Å². The van der Waals surface area contributed by atoms with Crippen LogP contribution in [-0.2, 0) is 10.9 Å². The van der Waals surface area contributed by atoms with Crippen LogP contribution in [0.4, 0.5) is 13.2 Å². The molecule has 2 saturated heterocycles. The number of benzene rings is 1. The van der Waals surface area contributed by atoms with Crippen LogP contribution < -0.4 is 0 Å². The van der Waals surface area contributed by atoms with Gasteiger partial charge in [-0.15, -0.1) is 0 Å². The summed E-state index contributed by atoms with van der Waals surface area (Å²) in [5, 5.41) is 0. The highest BCUT2D eigenvalue weighted by Crippen LogP contribution is 2.39. The van der Waals surface area contributed by atoms with Crippen LogP contribution in [-0.4, -0.2) is 18.0 Å². The number of rotatable bonds is 2. The predicted molar refractivity (Wildman–Crippen MR) is 66.4 cm³/mol. The monoisotopic (exact) mass is 284 g/mol. The molecule has 0 radical (unpaired) electrons. The summed E-state index contributed by atoms with van der Waals surface area (Å²) in [6, 6.07) is 5.05. The van der Waals surface area contributed by atoms with Gasteiger partial charge < -0.3 is 4.74 Å². The summed E-state index contributed by atoms with van der Waals surface area (Å²) in [6.45, 7) is 0. The molecular weight excluding hydrogens is 269 g/mol. The Balaban J connectivity index is 1.88. The maximum Gasteiger partial charge on any atom is 0.417 e. The van der Waals surface area contributed by atoms with Crippen LogP contribution >= 0.6 is 0 Å². The van der Waals surface area contributed by atoms with Gasteiger partial charge in [-0.05, 0) is 31.7 Å². The second-order valence-corrected chi connectivity index (χ2v) is 5.53. The van der Waals surface area contributed by atoms with Gasteiger partial charge >= 0.3 is 6.18 Å². The molecule has 2 nitrogen and oxygen atoms in total. The average Bonchev–Trinajstić information content (AvgIpc) is 2.75. The molecule has 2 atom stereocenters. The molecule has 0 amide bonds. The number of carbonyl (C=O) groups is 1. The molecule has 0 aliphatic carbocycles. The lowest BCUT2D eigenvalue weighted by Gasteiger charge is -2.28. The first-order valence-corrected chi connectivity index (χ1v) is 6.81. The zero-order valence-electron chi connectivity index (χ0n) is 10.8. The lowest BCUT2D eigenvalue weighted by molar-refractivity contribution is -0.138. The smallest absolute Gasteiger partial charge is 0.375 e. The van der Waals surface area contributed by atoms with E-state index in [1.54, 1.807) is 0 Å². The fraction of sp³-hybridized carbons (Fsp3) is 0.533. The van der Waals surface area contributed by atoms with E-state index in [1.165, 1.54) is 18.2 Å². The Hall–Kier alpha value is -1.36. The van der Waals surface area contributed by atoms with Crippen molar-refractivity contribution in [3.8, 4) is 0 Å². The Kier molecular flexibility index (Phi) is 3.32. The maximum atomic E-state index is 13.0. The summed E-state index contributed by atoms with van der Waals surface area (Å²) < 4.78 is 44.5. The van der Waals surface area contributed by atoms with Gasteiger partial charge in [0.15, 0.2) is 5.78 Å². The van der Waals surface area contributed by atoms with E-state index in [9.17, 15) is 18.0 Å². The van der Waals surface area contributed by atoms with Crippen LogP contribution in [0.3, 0.4) is 0 Å². The van der Waals surface area contributed by atoms with Crippen molar-refractivity contribution < 1.29 is 22.7 Å². The van der Waals surface area contributed by atoms with Gasteiger partial charge in [0.25, 0.3) is 0 Å². The molecule has 3 rings (SSSR count). The molecule has 0 N–H and O–H groups in total. The van der Waals surface area contributed by atoms with E-state index in [-0.39, 0.29) is 23.7 Å². The maximum absolute atomic E-state index is 13.0. The first kappa shape index (κ1) is 13.6. The number of alkyl halides is 3. The van der Waals surface area contributed by atoms with Gasteiger partial charge in [0.2, 0.25) is 0 Å². The van der Waals surface area contributed by atoms with Crippen molar-refractivity contribution in [2.24, 2.45) is 5.92 Å². The number of ketones is 1. The van der Waals surface area contributed by atoms with Crippen molar-refractivity contribution in [3.63, 3.8) is 0 Å². The van der Waals surface area contributed by atoms with Crippen LogP contribution in [0, 0.1) is 5.92 Å². The summed E-state index contributed by atoms with van der Waals surface area (Å²) in [7, 11) is 0. The molecule has 2 bridgehead atoms. The van der Waals surface area contributed by atoms with Crippen LogP contribution in [0.1, 0.15) is 41.6 Å². The highest BCUT2D eigenvalue weighted by Gasteiger charge is 2.41. The molecule has 2 fully saturated rings. The van der Waals surface area contributed by atoms with Crippen molar-refractivity contribution in [1.29, 1.82) is 0 Å². The number of hydrogen-bond donors (Lipinski definition) is 0. The molecule has 1 aromatic rings. The van der Waals surface area contributed by atoms with Gasteiger partial charge in [0.1, 0.15) is 0 Å². The van der Waals surface area contributed by atoms with Gasteiger partial charge in [-0.25, -0.2) is 0 Å². The molecule has 0 spiro atoms. The van der Waals surface area contributed by atoms with Gasteiger partial charge in [0, 0.05) is 11.5 Å². The highest BCUT2D eigenvalue weighted by molar-refractivity contribution is 5.99.